The Labute approximate surface area is 140 Å². The second-order valence-corrected chi connectivity index (χ2v) is 5.20. The van der Waals surface area contributed by atoms with Crippen molar-refractivity contribution < 1.29 is 4.79 Å². The molecule has 5 nitrogen and oxygen atoms in total. The number of amides is 1. The third-order valence-electron chi connectivity index (χ3n) is 3.62. The van der Waals surface area contributed by atoms with Crippen LogP contribution in [0.4, 0.5) is 11.4 Å². The summed E-state index contributed by atoms with van der Waals surface area (Å²) in [4.78, 5) is 12.2. The lowest BCUT2D eigenvalue weighted by Crippen LogP contribution is -2.15. The first-order chi connectivity index (χ1) is 11.5. The summed E-state index contributed by atoms with van der Waals surface area (Å²) >= 11 is 0. The van der Waals surface area contributed by atoms with Gasteiger partial charge in [0, 0.05) is 17.6 Å². The van der Waals surface area contributed by atoms with Gasteiger partial charge in [0.15, 0.2) is 0 Å². The van der Waals surface area contributed by atoms with E-state index in [1.807, 2.05) is 38.1 Å². The molecule has 2 rings (SSSR count). The van der Waals surface area contributed by atoms with Gasteiger partial charge in [-0.15, -0.1) is 0 Å². The van der Waals surface area contributed by atoms with E-state index in [4.69, 9.17) is 5.26 Å². The monoisotopic (exact) mass is 316 g/mol. The van der Waals surface area contributed by atoms with Crippen LogP contribution in [0.25, 0.3) is 0 Å². The Morgan fingerprint density at radius 3 is 2.42 bits per heavy atom. The number of carbonyl (C=O) groups excluding carboxylic acids is 1. The molecule has 5 heteroatoms. The largest absolute Gasteiger partial charge is 0.360 e. The Balaban J connectivity index is 2.12. The van der Waals surface area contributed by atoms with Crippen molar-refractivity contribution in [1.29, 1.82) is 10.5 Å². The molecule has 0 aliphatic carbocycles. The maximum absolute atomic E-state index is 12.2. The number of rotatable bonds is 4. The molecule has 1 amide bonds. The summed E-state index contributed by atoms with van der Waals surface area (Å²) in [5, 5.41) is 23.6. The number of carbonyl (C=O) groups is 1. The molecule has 2 aromatic carbocycles. The van der Waals surface area contributed by atoms with Crippen molar-refractivity contribution in [2.24, 2.45) is 0 Å². The molecule has 0 aliphatic heterocycles. The van der Waals surface area contributed by atoms with Crippen molar-refractivity contribution in [1.82, 2.24) is 0 Å². The highest BCUT2D eigenvalue weighted by atomic mass is 16.1. The number of aryl methyl sites for hydroxylation is 1. The van der Waals surface area contributed by atoms with Crippen LogP contribution in [-0.4, -0.2) is 5.91 Å². The number of nitriles is 2. The van der Waals surface area contributed by atoms with Crippen LogP contribution in [-0.2, 0) is 4.79 Å². The lowest BCUT2D eigenvalue weighted by atomic mass is 10.1. The van der Waals surface area contributed by atoms with Gasteiger partial charge < -0.3 is 10.6 Å². The van der Waals surface area contributed by atoms with E-state index < -0.39 is 5.91 Å². The standard InChI is InChI=1S/C19H16N4O/c1-13-4-3-5-18(14(13)2)23-19(24)16(11-21)12-22-17-8-6-15(10-20)7-9-17/h3-9,12,22H,1-2H3,(H,23,24)/b16-12-. The first-order valence-electron chi connectivity index (χ1n) is 7.29. The Hall–Kier alpha value is -3.57. The molecule has 0 spiro atoms. The van der Waals surface area contributed by atoms with Crippen LogP contribution in [0.15, 0.2) is 54.2 Å². The summed E-state index contributed by atoms with van der Waals surface area (Å²) in [6, 6.07) is 16.2. The van der Waals surface area contributed by atoms with Crippen molar-refractivity contribution in [3.05, 3.63) is 70.9 Å². The van der Waals surface area contributed by atoms with Gasteiger partial charge in [-0.2, -0.15) is 10.5 Å². The number of benzene rings is 2. The fourth-order valence-corrected chi connectivity index (χ4v) is 2.02. The van der Waals surface area contributed by atoms with E-state index in [-0.39, 0.29) is 5.57 Å². The van der Waals surface area contributed by atoms with Crippen molar-refractivity contribution in [2.45, 2.75) is 13.8 Å². The van der Waals surface area contributed by atoms with E-state index in [2.05, 4.69) is 10.6 Å². The summed E-state index contributed by atoms with van der Waals surface area (Å²) in [5.41, 5.74) is 3.88. The van der Waals surface area contributed by atoms with Crippen LogP contribution in [0.2, 0.25) is 0 Å². The van der Waals surface area contributed by atoms with E-state index >= 15 is 0 Å². The van der Waals surface area contributed by atoms with Gasteiger partial charge in [-0.05, 0) is 55.3 Å². The molecule has 0 atom stereocenters. The molecule has 0 fully saturated rings. The molecular weight excluding hydrogens is 300 g/mol. The van der Waals surface area contributed by atoms with Gasteiger partial charge in [-0.1, -0.05) is 12.1 Å². The van der Waals surface area contributed by atoms with E-state index in [0.29, 0.717) is 16.9 Å². The van der Waals surface area contributed by atoms with Gasteiger partial charge in [0.05, 0.1) is 11.6 Å². The van der Waals surface area contributed by atoms with Gasteiger partial charge >= 0.3 is 0 Å². The zero-order valence-corrected chi connectivity index (χ0v) is 13.4. The van der Waals surface area contributed by atoms with Crippen LogP contribution in [0.1, 0.15) is 16.7 Å². The summed E-state index contributed by atoms with van der Waals surface area (Å²) in [6.07, 6.45) is 1.35. The van der Waals surface area contributed by atoms with Gasteiger partial charge in [0.2, 0.25) is 0 Å². The van der Waals surface area contributed by atoms with Gasteiger partial charge in [-0.25, -0.2) is 0 Å². The molecule has 0 aliphatic rings. The smallest absolute Gasteiger partial charge is 0.267 e. The van der Waals surface area contributed by atoms with E-state index in [9.17, 15) is 10.1 Å². The van der Waals surface area contributed by atoms with Crippen LogP contribution >= 0.6 is 0 Å². The normalized spacial score (nSPS) is 10.4. The second kappa shape index (κ2) is 7.62. The maximum atomic E-state index is 12.2. The van der Waals surface area contributed by atoms with E-state index in [0.717, 1.165) is 11.1 Å². The molecular formula is C19H16N4O. The molecule has 0 radical (unpaired) electrons. The Morgan fingerprint density at radius 1 is 1.08 bits per heavy atom. The first-order valence-corrected chi connectivity index (χ1v) is 7.29. The van der Waals surface area contributed by atoms with Crippen molar-refractivity contribution >= 4 is 17.3 Å². The first kappa shape index (κ1) is 16.8. The van der Waals surface area contributed by atoms with Gasteiger partial charge in [0.25, 0.3) is 5.91 Å². The van der Waals surface area contributed by atoms with Gasteiger partial charge in [0.1, 0.15) is 11.6 Å². The molecule has 0 heterocycles. The summed E-state index contributed by atoms with van der Waals surface area (Å²) < 4.78 is 0. The molecule has 0 bridgehead atoms. The Morgan fingerprint density at radius 2 is 1.79 bits per heavy atom. The predicted molar refractivity (Wildman–Crippen MR) is 93.0 cm³/mol. The molecule has 2 N–H and O–H groups in total. The lowest BCUT2D eigenvalue weighted by molar-refractivity contribution is -0.112. The van der Waals surface area contributed by atoms with Crippen LogP contribution in [0.5, 0.6) is 0 Å². The predicted octanol–water partition coefficient (Wildman–Crippen LogP) is 3.63. The number of nitrogens with one attached hydrogen (secondary N) is 2. The molecule has 24 heavy (non-hydrogen) atoms. The molecule has 118 valence electrons. The highest BCUT2D eigenvalue weighted by molar-refractivity contribution is 6.07. The number of hydrogen-bond donors (Lipinski definition) is 2. The second-order valence-electron chi connectivity index (χ2n) is 5.20. The average molecular weight is 316 g/mol. The van der Waals surface area contributed by atoms with E-state index in [1.54, 1.807) is 30.3 Å². The molecule has 0 aromatic heterocycles. The maximum Gasteiger partial charge on any atom is 0.267 e. The summed E-state index contributed by atoms with van der Waals surface area (Å²) in [7, 11) is 0. The fourth-order valence-electron chi connectivity index (χ4n) is 2.02. The van der Waals surface area contributed by atoms with Gasteiger partial charge in [-0.3, -0.25) is 4.79 Å². The van der Waals surface area contributed by atoms with Crippen LogP contribution in [0.3, 0.4) is 0 Å². The Kier molecular flexibility index (Phi) is 5.33. The number of nitrogens with zero attached hydrogens (tertiary/aromatic N) is 2. The van der Waals surface area contributed by atoms with Crippen molar-refractivity contribution in [3.8, 4) is 12.1 Å². The van der Waals surface area contributed by atoms with Crippen LogP contribution in [0, 0.1) is 36.5 Å². The quantitative estimate of drug-likeness (QED) is 0.666. The van der Waals surface area contributed by atoms with Crippen molar-refractivity contribution in [2.75, 3.05) is 10.6 Å². The van der Waals surface area contributed by atoms with Crippen LogP contribution < -0.4 is 10.6 Å². The molecule has 0 saturated carbocycles. The molecule has 0 unspecified atom stereocenters. The highest BCUT2D eigenvalue weighted by Gasteiger charge is 2.11. The molecule has 2 aromatic rings. The third kappa shape index (κ3) is 4.00. The minimum absolute atomic E-state index is 0.0414. The zero-order chi connectivity index (χ0) is 17.5. The minimum Gasteiger partial charge on any atom is -0.360 e. The topological polar surface area (TPSA) is 88.7 Å². The number of anilines is 2. The average Bonchev–Trinajstić information content (AvgIpc) is 2.60. The minimum atomic E-state index is -0.479. The SMILES string of the molecule is Cc1cccc(NC(=O)/C(C#N)=C\Nc2ccc(C#N)cc2)c1C. The Bertz CT molecular complexity index is 868. The number of hydrogen-bond acceptors (Lipinski definition) is 4. The summed E-state index contributed by atoms with van der Waals surface area (Å²) in [5.74, 6) is -0.479. The third-order valence-corrected chi connectivity index (χ3v) is 3.62. The fraction of sp³-hybridized carbons (Fsp3) is 0.105. The van der Waals surface area contributed by atoms with Crippen molar-refractivity contribution in [3.63, 3.8) is 0 Å². The highest BCUT2D eigenvalue weighted by Crippen LogP contribution is 2.18. The summed E-state index contributed by atoms with van der Waals surface area (Å²) in [6.45, 7) is 3.87. The lowest BCUT2D eigenvalue weighted by Gasteiger charge is -2.10. The van der Waals surface area contributed by atoms with E-state index in [1.165, 1.54) is 6.20 Å². The molecule has 0 saturated heterocycles. The zero-order valence-electron chi connectivity index (χ0n) is 13.4.